The molecule has 0 N–H and O–H groups in total. The van der Waals surface area contributed by atoms with Crippen molar-refractivity contribution >= 4 is 32.5 Å². The summed E-state index contributed by atoms with van der Waals surface area (Å²) in [4.78, 5) is 13.2. The molecule has 0 saturated heterocycles. The second-order valence-corrected chi connectivity index (χ2v) is 9.39. The zero-order chi connectivity index (χ0) is 21.9. The monoisotopic (exact) mass is 426 g/mol. The average molecular weight is 427 g/mol. The SMILES string of the molecule is CC(=O)OCc1ccc(CN(C)S(=O)(=O)c2cccc3c(N(C)C)cccc23)cc1. The molecule has 0 aromatic heterocycles. The van der Waals surface area contributed by atoms with Crippen LogP contribution in [0.15, 0.2) is 65.6 Å². The third-order valence-corrected chi connectivity index (χ3v) is 6.76. The molecule has 0 amide bonds. The van der Waals surface area contributed by atoms with Gasteiger partial charge in [-0.05, 0) is 23.3 Å². The molecule has 0 heterocycles. The number of ether oxygens (including phenoxy) is 1. The van der Waals surface area contributed by atoms with Crippen LogP contribution < -0.4 is 4.90 Å². The van der Waals surface area contributed by atoms with Gasteiger partial charge >= 0.3 is 5.97 Å². The van der Waals surface area contributed by atoms with Crippen LogP contribution in [-0.4, -0.2) is 39.8 Å². The van der Waals surface area contributed by atoms with Crippen molar-refractivity contribution in [3.8, 4) is 0 Å². The van der Waals surface area contributed by atoms with E-state index in [0.717, 1.165) is 22.2 Å². The number of benzene rings is 3. The lowest BCUT2D eigenvalue weighted by atomic mass is 10.1. The Bertz CT molecular complexity index is 1160. The van der Waals surface area contributed by atoms with E-state index in [0.29, 0.717) is 5.39 Å². The van der Waals surface area contributed by atoms with E-state index in [-0.39, 0.29) is 24.0 Å². The number of anilines is 1. The fourth-order valence-electron chi connectivity index (χ4n) is 3.32. The Morgan fingerprint density at radius 1 is 0.867 bits per heavy atom. The van der Waals surface area contributed by atoms with Crippen LogP contribution in [0.25, 0.3) is 10.8 Å². The van der Waals surface area contributed by atoms with Crippen LogP contribution in [0.1, 0.15) is 18.1 Å². The molecule has 0 aliphatic rings. The van der Waals surface area contributed by atoms with E-state index < -0.39 is 10.0 Å². The maximum atomic E-state index is 13.3. The summed E-state index contributed by atoms with van der Waals surface area (Å²) in [5.41, 5.74) is 2.67. The molecule has 0 aliphatic carbocycles. The maximum absolute atomic E-state index is 13.3. The zero-order valence-electron chi connectivity index (χ0n) is 17.6. The number of hydrogen-bond donors (Lipinski definition) is 0. The van der Waals surface area contributed by atoms with Gasteiger partial charge in [-0.15, -0.1) is 0 Å². The standard InChI is InChI=1S/C23H26N2O4S/c1-17(26)29-16-19-13-11-18(12-14-19)15-25(4)30(27,28)23-10-6-7-20-21(23)8-5-9-22(20)24(2)3/h5-14H,15-16H2,1-4H3. The quantitative estimate of drug-likeness (QED) is 0.538. The Balaban J connectivity index is 1.87. The highest BCUT2D eigenvalue weighted by Gasteiger charge is 2.23. The molecular weight excluding hydrogens is 400 g/mol. The largest absolute Gasteiger partial charge is 0.461 e. The van der Waals surface area contributed by atoms with Gasteiger partial charge < -0.3 is 9.64 Å². The van der Waals surface area contributed by atoms with Crippen LogP contribution in [0.2, 0.25) is 0 Å². The van der Waals surface area contributed by atoms with Gasteiger partial charge in [-0.3, -0.25) is 4.79 Å². The van der Waals surface area contributed by atoms with E-state index in [1.807, 2.05) is 67.5 Å². The van der Waals surface area contributed by atoms with Gasteiger partial charge in [0.25, 0.3) is 0 Å². The normalized spacial score (nSPS) is 11.6. The Morgan fingerprint density at radius 3 is 2.10 bits per heavy atom. The highest BCUT2D eigenvalue weighted by molar-refractivity contribution is 7.89. The number of rotatable bonds is 7. The minimum absolute atomic E-state index is 0.202. The van der Waals surface area contributed by atoms with E-state index >= 15 is 0 Å². The number of esters is 1. The third kappa shape index (κ3) is 4.63. The molecule has 0 spiro atoms. The predicted octanol–water partition coefficient (Wildman–Crippen LogP) is 3.79. The molecule has 0 aliphatic heterocycles. The molecule has 0 bridgehead atoms. The van der Waals surface area contributed by atoms with Gasteiger partial charge in [0, 0.05) is 51.1 Å². The van der Waals surface area contributed by atoms with E-state index in [4.69, 9.17) is 4.74 Å². The van der Waals surface area contributed by atoms with Gasteiger partial charge in [-0.1, -0.05) is 48.5 Å². The fourth-order valence-corrected chi connectivity index (χ4v) is 4.68. The van der Waals surface area contributed by atoms with Crippen molar-refractivity contribution in [3.63, 3.8) is 0 Å². The Kier molecular flexibility index (Phi) is 6.43. The lowest BCUT2D eigenvalue weighted by Gasteiger charge is -2.20. The smallest absolute Gasteiger partial charge is 0.302 e. The number of hydrogen-bond acceptors (Lipinski definition) is 5. The molecular formula is C23H26N2O4S. The molecule has 0 radical (unpaired) electrons. The molecule has 0 unspecified atom stereocenters. The van der Waals surface area contributed by atoms with E-state index in [2.05, 4.69) is 0 Å². The first kappa shape index (κ1) is 21.8. The van der Waals surface area contributed by atoms with Crippen LogP contribution in [-0.2, 0) is 32.7 Å². The summed E-state index contributed by atoms with van der Waals surface area (Å²) in [6.07, 6.45) is 0. The van der Waals surface area contributed by atoms with Crippen LogP contribution in [0.5, 0.6) is 0 Å². The molecule has 6 nitrogen and oxygen atoms in total. The molecule has 0 fully saturated rings. The number of carbonyl (C=O) groups excluding carboxylic acids is 1. The topological polar surface area (TPSA) is 66.9 Å². The lowest BCUT2D eigenvalue weighted by Crippen LogP contribution is -2.26. The van der Waals surface area contributed by atoms with E-state index in [9.17, 15) is 13.2 Å². The first-order chi connectivity index (χ1) is 14.2. The van der Waals surface area contributed by atoms with Crippen molar-refractivity contribution in [1.82, 2.24) is 4.31 Å². The van der Waals surface area contributed by atoms with Crippen molar-refractivity contribution in [2.75, 3.05) is 26.0 Å². The minimum Gasteiger partial charge on any atom is -0.461 e. The second kappa shape index (κ2) is 8.85. The molecule has 7 heteroatoms. The van der Waals surface area contributed by atoms with Crippen molar-refractivity contribution in [1.29, 1.82) is 0 Å². The Labute approximate surface area is 177 Å². The molecule has 3 aromatic carbocycles. The second-order valence-electron chi connectivity index (χ2n) is 7.38. The highest BCUT2D eigenvalue weighted by atomic mass is 32.2. The number of fused-ring (bicyclic) bond motifs is 1. The number of sulfonamides is 1. The summed E-state index contributed by atoms with van der Waals surface area (Å²) in [5.74, 6) is -0.336. The molecule has 3 aromatic rings. The summed E-state index contributed by atoms with van der Waals surface area (Å²) in [5, 5.41) is 1.60. The predicted molar refractivity (Wildman–Crippen MR) is 119 cm³/mol. The highest BCUT2D eigenvalue weighted by Crippen LogP contribution is 2.31. The van der Waals surface area contributed by atoms with Gasteiger partial charge in [0.15, 0.2) is 0 Å². The van der Waals surface area contributed by atoms with Crippen molar-refractivity contribution in [2.45, 2.75) is 25.0 Å². The minimum atomic E-state index is -3.69. The van der Waals surface area contributed by atoms with Gasteiger partial charge in [0.2, 0.25) is 10.0 Å². The summed E-state index contributed by atoms with van der Waals surface area (Å²) in [6, 6.07) is 18.4. The first-order valence-corrected chi connectivity index (χ1v) is 11.0. The van der Waals surface area contributed by atoms with E-state index in [1.165, 1.54) is 11.2 Å². The van der Waals surface area contributed by atoms with Gasteiger partial charge in [-0.2, -0.15) is 4.31 Å². The van der Waals surface area contributed by atoms with Crippen LogP contribution in [0, 0.1) is 0 Å². The third-order valence-electron chi connectivity index (χ3n) is 4.90. The molecule has 0 saturated carbocycles. The van der Waals surface area contributed by atoms with Gasteiger partial charge in [-0.25, -0.2) is 8.42 Å². The molecule has 158 valence electrons. The fraction of sp³-hybridized carbons (Fsp3) is 0.261. The molecule has 0 atom stereocenters. The molecule has 3 rings (SSSR count). The summed E-state index contributed by atoms with van der Waals surface area (Å²) < 4.78 is 33.0. The summed E-state index contributed by atoms with van der Waals surface area (Å²) >= 11 is 0. The maximum Gasteiger partial charge on any atom is 0.302 e. The van der Waals surface area contributed by atoms with Crippen molar-refractivity contribution in [3.05, 3.63) is 71.8 Å². The molecule has 30 heavy (non-hydrogen) atoms. The number of nitrogens with zero attached hydrogens (tertiary/aromatic N) is 2. The summed E-state index contributed by atoms with van der Waals surface area (Å²) in [6.45, 7) is 1.80. The number of carbonyl (C=O) groups is 1. The van der Waals surface area contributed by atoms with Crippen molar-refractivity contribution in [2.24, 2.45) is 0 Å². The van der Waals surface area contributed by atoms with E-state index in [1.54, 1.807) is 19.2 Å². The van der Waals surface area contributed by atoms with Crippen molar-refractivity contribution < 1.29 is 17.9 Å². The van der Waals surface area contributed by atoms with Crippen LogP contribution in [0.4, 0.5) is 5.69 Å². The first-order valence-electron chi connectivity index (χ1n) is 9.56. The zero-order valence-corrected chi connectivity index (χ0v) is 18.4. The van der Waals surface area contributed by atoms with Gasteiger partial charge in [0.1, 0.15) is 6.61 Å². The average Bonchev–Trinajstić information content (AvgIpc) is 2.72. The summed E-state index contributed by atoms with van der Waals surface area (Å²) in [7, 11) is 1.76. The lowest BCUT2D eigenvalue weighted by molar-refractivity contribution is -0.142. The Hall–Kier alpha value is -2.90. The Morgan fingerprint density at radius 2 is 1.47 bits per heavy atom. The van der Waals surface area contributed by atoms with Gasteiger partial charge in [0.05, 0.1) is 4.90 Å². The van der Waals surface area contributed by atoms with Crippen LogP contribution in [0.3, 0.4) is 0 Å². The van der Waals surface area contributed by atoms with Crippen LogP contribution >= 0.6 is 0 Å².